The van der Waals surface area contributed by atoms with Crippen LogP contribution < -0.4 is 15.8 Å². The van der Waals surface area contributed by atoms with E-state index in [1.165, 1.54) is 0 Å². The molecular weight excluding hydrogens is 354 g/mol. The zero-order valence-corrected chi connectivity index (χ0v) is 16.6. The molecule has 1 fully saturated rings. The van der Waals surface area contributed by atoms with Crippen molar-refractivity contribution < 1.29 is 4.74 Å². The van der Waals surface area contributed by atoms with Crippen LogP contribution in [-0.2, 0) is 6.54 Å². The number of nitrogen functional groups attached to an aromatic ring is 1. The van der Waals surface area contributed by atoms with Crippen molar-refractivity contribution in [1.82, 2.24) is 24.5 Å². The highest BCUT2D eigenvalue weighted by atomic mass is 16.5. The summed E-state index contributed by atoms with van der Waals surface area (Å²) in [5.74, 6) is 0.917. The Bertz CT molecular complexity index is 968. The highest BCUT2D eigenvalue weighted by Gasteiger charge is 2.23. The van der Waals surface area contributed by atoms with Crippen LogP contribution in [0, 0.1) is 0 Å². The Kier molecular flexibility index (Phi) is 5.04. The number of nitrogens with two attached hydrogens (primary N) is 1. The topological polar surface area (TPSA) is 93.6 Å². The van der Waals surface area contributed by atoms with E-state index in [2.05, 4.69) is 46.2 Å². The molecule has 0 amide bonds. The molecule has 3 N–H and O–H groups in total. The third-order valence-corrected chi connectivity index (χ3v) is 5.02. The lowest BCUT2D eigenvalue weighted by Crippen LogP contribution is -2.23. The first-order valence-corrected chi connectivity index (χ1v) is 9.69. The summed E-state index contributed by atoms with van der Waals surface area (Å²) in [6, 6.07) is 8.18. The van der Waals surface area contributed by atoms with Crippen molar-refractivity contribution in [3.05, 3.63) is 41.6 Å². The summed E-state index contributed by atoms with van der Waals surface area (Å²) in [5, 5.41) is 7.86. The lowest BCUT2D eigenvalue weighted by atomic mass is 10.1. The minimum atomic E-state index is 0.111. The average Bonchev–Trinajstić information content (AvgIpc) is 3.26. The molecule has 3 aromatic rings. The van der Waals surface area contributed by atoms with E-state index < -0.39 is 0 Å². The first-order chi connectivity index (χ1) is 13.5. The van der Waals surface area contributed by atoms with Crippen molar-refractivity contribution in [3.8, 4) is 6.01 Å². The molecule has 148 valence electrons. The van der Waals surface area contributed by atoms with Gasteiger partial charge in [-0.15, -0.1) is 0 Å². The number of hydrogen-bond acceptors (Lipinski definition) is 7. The van der Waals surface area contributed by atoms with Crippen LogP contribution in [0.4, 0.5) is 11.6 Å². The number of nitrogens with one attached hydrogen (secondary N) is 1. The Hall–Kier alpha value is -2.87. The molecule has 0 aliphatic carbocycles. The highest BCUT2D eigenvalue weighted by molar-refractivity contribution is 5.53. The number of anilines is 2. The lowest BCUT2D eigenvalue weighted by molar-refractivity contribution is 0.191. The number of hydrogen-bond donors (Lipinski definition) is 2. The molecule has 4 rings (SSSR count). The van der Waals surface area contributed by atoms with E-state index in [0.717, 1.165) is 42.0 Å². The van der Waals surface area contributed by atoms with E-state index in [1.54, 1.807) is 4.52 Å². The maximum Gasteiger partial charge on any atom is 0.322 e. The Labute approximate surface area is 164 Å². The zero-order chi connectivity index (χ0) is 19.7. The fraction of sp³-hybridized carbons (Fsp3) is 0.450. The van der Waals surface area contributed by atoms with Crippen LogP contribution in [0.25, 0.3) is 5.65 Å². The smallest absolute Gasteiger partial charge is 0.322 e. The van der Waals surface area contributed by atoms with Crippen LogP contribution in [0.3, 0.4) is 0 Å². The van der Waals surface area contributed by atoms with Crippen molar-refractivity contribution in [2.45, 2.75) is 38.8 Å². The molecule has 1 unspecified atom stereocenters. The molecule has 2 aromatic heterocycles. The quantitative estimate of drug-likeness (QED) is 0.634. The third-order valence-electron chi connectivity index (χ3n) is 5.02. The largest absolute Gasteiger partial charge is 0.459 e. The summed E-state index contributed by atoms with van der Waals surface area (Å²) in [6.45, 7) is 6.75. The van der Waals surface area contributed by atoms with Gasteiger partial charge in [0.25, 0.3) is 0 Å². The van der Waals surface area contributed by atoms with Crippen molar-refractivity contribution >= 4 is 17.3 Å². The summed E-state index contributed by atoms with van der Waals surface area (Å²) in [5.41, 5.74) is 9.55. The van der Waals surface area contributed by atoms with Crippen molar-refractivity contribution in [3.63, 3.8) is 0 Å². The van der Waals surface area contributed by atoms with E-state index in [0.29, 0.717) is 24.4 Å². The fourth-order valence-electron chi connectivity index (χ4n) is 3.47. The van der Waals surface area contributed by atoms with Gasteiger partial charge in [-0.05, 0) is 37.1 Å². The predicted molar refractivity (Wildman–Crippen MR) is 110 cm³/mol. The predicted octanol–water partition coefficient (Wildman–Crippen LogP) is 2.52. The molecule has 0 bridgehead atoms. The van der Waals surface area contributed by atoms with Crippen LogP contribution in [0.5, 0.6) is 6.01 Å². The molecule has 8 nitrogen and oxygen atoms in total. The first-order valence-electron chi connectivity index (χ1n) is 9.69. The second kappa shape index (κ2) is 7.63. The molecule has 1 aromatic carbocycles. The van der Waals surface area contributed by atoms with Crippen molar-refractivity contribution in [1.29, 1.82) is 0 Å². The van der Waals surface area contributed by atoms with Gasteiger partial charge in [-0.1, -0.05) is 26.0 Å². The summed E-state index contributed by atoms with van der Waals surface area (Å²) < 4.78 is 7.85. The van der Waals surface area contributed by atoms with Crippen molar-refractivity contribution in [2.24, 2.45) is 0 Å². The molecular formula is C20H27N7O. The number of rotatable bonds is 6. The lowest BCUT2D eigenvalue weighted by Gasteiger charge is -2.14. The maximum atomic E-state index is 6.10. The van der Waals surface area contributed by atoms with Gasteiger partial charge in [-0.2, -0.15) is 19.6 Å². The fourth-order valence-corrected chi connectivity index (χ4v) is 3.47. The van der Waals surface area contributed by atoms with Crippen LogP contribution in [0.15, 0.2) is 30.5 Å². The standard InChI is InChI=1S/C20H27N7O/c1-13(2)17-11-23-27-18(17)24-20(28-16-7-8-26(3)12-16)25-19(27)22-10-14-5-4-6-15(21)9-14/h4-6,9,11,13,16H,7-8,10,12,21H2,1-3H3,(H,22,24,25). The van der Waals surface area contributed by atoms with E-state index in [-0.39, 0.29) is 6.10 Å². The van der Waals surface area contributed by atoms with Gasteiger partial charge in [0.2, 0.25) is 5.95 Å². The third kappa shape index (κ3) is 3.87. The van der Waals surface area contributed by atoms with E-state index in [9.17, 15) is 0 Å². The Morgan fingerprint density at radius 1 is 1.32 bits per heavy atom. The molecule has 0 spiro atoms. The van der Waals surface area contributed by atoms with Crippen LogP contribution in [0.1, 0.15) is 37.3 Å². The van der Waals surface area contributed by atoms with Crippen molar-refractivity contribution in [2.75, 3.05) is 31.2 Å². The van der Waals surface area contributed by atoms with E-state index >= 15 is 0 Å². The molecule has 0 saturated carbocycles. The molecule has 3 heterocycles. The minimum Gasteiger partial charge on any atom is -0.459 e. The molecule has 28 heavy (non-hydrogen) atoms. The first kappa shape index (κ1) is 18.5. The number of ether oxygens (including phenoxy) is 1. The molecule has 1 atom stereocenters. The summed E-state index contributed by atoms with van der Waals surface area (Å²) in [6.07, 6.45) is 2.94. The number of nitrogens with zero attached hydrogens (tertiary/aromatic N) is 5. The molecule has 0 radical (unpaired) electrons. The molecule has 1 saturated heterocycles. The van der Waals surface area contributed by atoms with Crippen LogP contribution >= 0.6 is 0 Å². The second-order valence-electron chi connectivity index (χ2n) is 7.71. The number of fused-ring (bicyclic) bond motifs is 1. The summed E-state index contributed by atoms with van der Waals surface area (Å²) in [4.78, 5) is 11.5. The number of likely N-dealkylation sites (tertiary alicyclic amines) is 1. The SMILES string of the molecule is CC(C)c1cnn2c(NCc3cccc(N)c3)nc(OC3CCN(C)C3)nc12. The average molecular weight is 381 g/mol. The Morgan fingerprint density at radius 2 is 2.18 bits per heavy atom. The normalized spacial score (nSPS) is 17.5. The maximum absolute atomic E-state index is 6.10. The van der Waals surface area contributed by atoms with E-state index in [4.69, 9.17) is 10.5 Å². The van der Waals surface area contributed by atoms with Gasteiger partial charge in [0.1, 0.15) is 6.10 Å². The highest BCUT2D eigenvalue weighted by Crippen LogP contribution is 2.24. The van der Waals surface area contributed by atoms with Crippen LogP contribution in [0.2, 0.25) is 0 Å². The molecule has 8 heteroatoms. The zero-order valence-electron chi connectivity index (χ0n) is 16.6. The second-order valence-corrected chi connectivity index (χ2v) is 7.71. The monoisotopic (exact) mass is 381 g/mol. The Morgan fingerprint density at radius 3 is 2.89 bits per heavy atom. The molecule has 1 aliphatic rings. The Balaban J connectivity index is 1.64. The number of aromatic nitrogens is 4. The van der Waals surface area contributed by atoms with Gasteiger partial charge in [0.15, 0.2) is 5.65 Å². The minimum absolute atomic E-state index is 0.111. The van der Waals surface area contributed by atoms with Gasteiger partial charge < -0.3 is 20.7 Å². The summed E-state index contributed by atoms with van der Waals surface area (Å²) in [7, 11) is 2.10. The van der Waals surface area contributed by atoms with Gasteiger partial charge in [0, 0.05) is 30.9 Å². The summed E-state index contributed by atoms with van der Waals surface area (Å²) >= 11 is 0. The van der Waals surface area contributed by atoms with Crippen LogP contribution in [-0.4, -0.2) is 50.7 Å². The molecule has 1 aliphatic heterocycles. The number of benzene rings is 1. The number of likely N-dealkylation sites (N-methyl/N-ethyl adjacent to an activating group) is 1. The van der Waals surface area contributed by atoms with E-state index in [1.807, 2.05) is 30.5 Å². The van der Waals surface area contributed by atoms with Gasteiger partial charge in [-0.25, -0.2) is 0 Å². The van der Waals surface area contributed by atoms with Gasteiger partial charge >= 0.3 is 6.01 Å². The van der Waals surface area contributed by atoms with Gasteiger partial charge in [-0.3, -0.25) is 0 Å². The van der Waals surface area contributed by atoms with Gasteiger partial charge in [0.05, 0.1) is 6.20 Å².